The van der Waals surface area contributed by atoms with E-state index in [-0.39, 0.29) is 0 Å². The van der Waals surface area contributed by atoms with Crippen LogP contribution in [0.25, 0.3) is 21.3 Å². The second-order valence-corrected chi connectivity index (χ2v) is 7.89. The summed E-state index contributed by atoms with van der Waals surface area (Å²) >= 11 is 1.64. The smallest absolute Gasteiger partial charge is 0.146 e. The monoisotopic (exact) mass is 408 g/mol. The molecule has 0 amide bonds. The molecule has 7 nitrogen and oxygen atoms in total. The molecule has 1 aromatic carbocycles. The number of anilines is 2. The van der Waals surface area contributed by atoms with Gasteiger partial charge < -0.3 is 15.0 Å². The first-order valence-corrected chi connectivity index (χ1v) is 10.3. The fourth-order valence-corrected chi connectivity index (χ4v) is 4.10. The van der Waals surface area contributed by atoms with E-state index in [2.05, 4.69) is 32.8 Å². The molecule has 0 saturated heterocycles. The van der Waals surface area contributed by atoms with Crippen LogP contribution in [-0.2, 0) is 17.8 Å². The number of rotatable bonds is 8. The molecule has 4 aromatic rings. The molecule has 3 aromatic heterocycles. The second kappa shape index (κ2) is 8.69. The molecule has 0 aliphatic heterocycles. The number of ether oxygens (including phenoxy) is 1. The number of hydrogen-bond donors (Lipinski definition) is 1. The van der Waals surface area contributed by atoms with Gasteiger partial charge in [-0.2, -0.15) is 5.10 Å². The van der Waals surface area contributed by atoms with Crippen LogP contribution in [-0.4, -0.2) is 52.5 Å². The first-order chi connectivity index (χ1) is 14.1. The Morgan fingerprint density at radius 2 is 2.00 bits per heavy atom. The molecule has 8 heteroatoms. The van der Waals surface area contributed by atoms with E-state index in [1.54, 1.807) is 18.4 Å². The molecular weight excluding hydrogens is 384 g/mol. The van der Waals surface area contributed by atoms with Crippen molar-refractivity contribution in [3.05, 3.63) is 53.9 Å². The summed E-state index contributed by atoms with van der Waals surface area (Å²) in [5, 5.41) is 11.1. The van der Waals surface area contributed by atoms with E-state index in [4.69, 9.17) is 14.7 Å². The molecule has 0 bridgehead atoms. The quantitative estimate of drug-likeness (QED) is 0.475. The van der Waals surface area contributed by atoms with Crippen LogP contribution in [0.4, 0.5) is 11.5 Å². The molecule has 1 N–H and O–H groups in total. The number of nitrogens with one attached hydrogen (secondary N) is 1. The lowest BCUT2D eigenvalue weighted by Crippen LogP contribution is -2.14. The van der Waals surface area contributed by atoms with Gasteiger partial charge in [-0.3, -0.25) is 4.68 Å². The van der Waals surface area contributed by atoms with Crippen LogP contribution >= 0.6 is 11.3 Å². The van der Waals surface area contributed by atoms with Crippen molar-refractivity contribution in [3.8, 4) is 11.1 Å². The zero-order chi connectivity index (χ0) is 20.2. The van der Waals surface area contributed by atoms with Crippen molar-refractivity contribution in [2.75, 3.05) is 33.1 Å². The Kier molecular flexibility index (Phi) is 5.84. The molecule has 29 heavy (non-hydrogen) atoms. The van der Waals surface area contributed by atoms with Gasteiger partial charge in [0.15, 0.2) is 0 Å². The van der Waals surface area contributed by atoms with Gasteiger partial charge in [0, 0.05) is 24.3 Å². The minimum Gasteiger partial charge on any atom is -0.383 e. The van der Waals surface area contributed by atoms with E-state index < -0.39 is 0 Å². The van der Waals surface area contributed by atoms with Gasteiger partial charge in [-0.15, -0.1) is 11.3 Å². The molecule has 3 heterocycles. The van der Waals surface area contributed by atoms with Gasteiger partial charge in [-0.1, -0.05) is 30.3 Å². The van der Waals surface area contributed by atoms with Gasteiger partial charge in [-0.25, -0.2) is 9.97 Å². The van der Waals surface area contributed by atoms with Gasteiger partial charge in [0.2, 0.25) is 0 Å². The number of nitrogens with zero attached hydrogens (tertiary/aromatic N) is 5. The predicted octanol–water partition coefficient (Wildman–Crippen LogP) is 4.01. The Balaban J connectivity index is 1.76. The minimum atomic E-state index is 0.620. The van der Waals surface area contributed by atoms with Crippen LogP contribution in [0, 0.1) is 0 Å². The Morgan fingerprint density at radius 1 is 1.17 bits per heavy atom. The summed E-state index contributed by atoms with van der Waals surface area (Å²) in [4.78, 5) is 12.7. The summed E-state index contributed by atoms with van der Waals surface area (Å²) in [5.74, 6) is 1.59. The molecular formula is C21H24N6OS. The Morgan fingerprint density at radius 3 is 2.76 bits per heavy atom. The van der Waals surface area contributed by atoms with Crippen LogP contribution in [0.2, 0.25) is 0 Å². The first kappa shape index (κ1) is 19.5. The fourth-order valence-electron chi connectivity index (χ4n) is 3.13. The largest absolute Gasteiger partial charge is 0.383 e. The number of aromatic nitrogens is 4. The maximum Gasteiger partial charge on any atom is 0.146 e. The summed E-state index contributed by atoms with van der Waals surface area (Å²) in [5.41, 5.74) is 3.18. The highest BCUT2D eigenvalue weighted by atomic mass is 32.1. The third-order valence-electron chi connectivity index (χ3n) is 4.44. The Bertz CT molecular complexity index is 1090. The lowest BCUT2D eigenvalue weighted by molar-refractivity contribution is 0.183. The summed E-state index contributed by atoms with van der Waals surface area (Å²) in [7, 11) is 5.73. The number of thiophene rings is 1. The van der Waals surface area contributed by atoms with Crippen molar-refractivity contribution >= 4 is 33.1 Å². The molecule has 4 rings (SSSR count). The van der Waals surface area contributed by atoms with Gasteiger partial charge in [0.25, 0.3) is 0 Å². The standard InChI is InChI=1S/C21H24N6OS/c1-26(2)13-18-24-20(23-16-11-22-27(12-16)9-10-28-3)19-17(14-29-21(19)25-18)15-7-5-4-6-8-15/h4-8,11-12,14H,9-10,13H2,1-3H3,(H,23,24,25). The van der Waals surface area contributed by atoms with E-state index in [9.17, 15) is 0 Å². The highest BCUT2D eigenvalue weighted by Crippen LogP contribution is 2.37. The fraction of sp³-hybridized carbons (Fsp3) is 0.286. The molecule has 0 atom stereocenters. The Labute approximate surface area is 174 Å². The molecule has 0 spiro atoms. The summed E-state index contributed by atoms with van der Waals surface area (Å²) in [6, 6.07) is 10.3. The first-order valence-electron chi connectivity index (χ1n) is 9.40. The zero-order valence-corrected chi connectivity index (χ0v) is 17.6. The van der Waals surface area contributed by atoms with Crippen LogP contribution in [0.3, 0.4) is 0 Å². The molecule has 0 unspecified atom stereocenters. The molecule has 0 radical (unpaired) electrons. The zero-order valence-electron chi connectivity index (χ0n) is 16.8. The summed E-state index contributed by atoms with van der Waals surface area (Å²) < 4.78 is 6.99. The number of fused-ring (bicyclic) bond motifs is 1. The van der Waals surface area contributed by atoms with E-state index in [1.807, 2.05) is 49.4 Å². The van der Waals surface area contributed by atoms with Crippen molar-refractivity contribution in [1.82, 2.24) is 24.6 Å². The van der Waals surface area contributed by atoms with Crippen LogP contribution in [0.5, 0.6) is 0 Å². The van der Waals surface area contributed by atoms with E-state index in [0.29, 0.717) is 19.7 Å². The van der Waals surface area contributed by atoms with Gasteiger partial charge >= 0.3 is 0 Å². The van der Waals surface area contributed by atoms with E-state index in [0.717, 1.165) is 38.7 Å². The van der Waals surface area contributed by atoms with Crippen LogP contribution < -0.4 is 5.32 Å². The topological polar surface area (TPSA) is 68.1 Å². The van der Waals surface area contributed by atoms with Gasteiger partial charge in [0.05, 0.1) is 37.0 Å². The lowest BCUT2D eigenvalue weighted by Gasteiger charge is -2.12. The van der Waals surface area contributed by atoms with Crippen molar-refractivity contribution in [1.29, 1.82) is 0 Å². The highest BCUT2D eigenvalue weighted by Gasteiger charge is 2.16. The third kappa shape index (κ3) is 4.45. The molecule has 0 saturated carbocycles. The molecule has 0 aliphatic rings. The van der Waals surface area contributed by atoms with Gasteiger partial charge in [0.1, 0.15) is 16.5 Å². The normalized spacial score (nSPS) is 11.4. The number of benzene rings is 1. The van der Waals surface area contributed by atoms with Crippen molar-refractivity contribution in [2.24, 2.45) is 0 Å². The van der Waals surface area contributed by atoms with Crippen molar-refractivity contribution in [2.45, 2.75) is 13.1 Å². The van der Waals surface area contributed by atoms with E-state index in [1.165, 1.54) is 0 Å². The predicted molar refractivity (Wildman–Crippen MR) is 118 cm³/mol. The maximum atomic E-state index is 5.13. The van der Waals surface area contributed by atoms with Crippen molar-refractivity contribution < 1.29 is 4.74 Å². The third-order valence-corrected chi connectivity index (χ3v) is 5.32. The number of hydrogen-bond acceptors (Lipinski definition) is 7. The van der Waals surface area contributed by atoms with Gasteiger partial charge in [-0.05, 0) is 19.7 Å². The average molecular weight is 409 g/mol. The molecule has 0 fully saturated rings. The van der Waals surface area contributed by atoms with Crippen LogP contribution in [0.15, 0.2) is 48.1 Å². The second-order valence-electron chi connectivity index (χ2n) is 7.03. The SMILES string of the molecule is COCCn1cc(Nc2nc(CN(C)C)nc3scc(-c4ccccc4)c23)cn1. The number of methoxy groups -OCH3 is 1. The minimum absolute atomic E-state index is 0.620. The lowest BCUT2D eigenvalue weighted by atomic mass is 10.1. The van der Waals surface area contributed by atoms with Crippen molar-refractivity contribution in [3.63, 3.8) is 0 Å². The summed E-state index contributed by atoms with van der Waals surface area (Å²) in [6.07, 6.45) is 3.77. The highest BCUT2D eigenvalue weighted by molar-refractivity contribution is 7.17. The maximum absolute atomic E-state index is 5.13. The van der Waals surface area contributed by atoms with E-state index >= 15 is 0 Å². The molecule has 150 valence electrons. The average Bonchev–Trinajstić information content (AvgIpc) is 3.33. The van der Waals surface area contributed by atoms with Crippen LogP contribution in [0.1, 0.15) is 5.82 Å². The molecule has 0 aliphatic carbocycles. The Hall–Kier alpha value is -2.81. The summed E-state index contributed by atoms with van der Waals surface area (Å²) in [6.45, 7) is 2.00.